The Bertz CT molecular complexity index is 182. The lowest BCUT2D eigenvalue weighted by molar-refractivity contribution is -0.131. The van der Waals surface area contributed by atoms with Gasteiger partial charge in [0.25, 0.3) is 0 Å². The van der Waals surface area contributed by atoms with E-state index in [4.69, 9.17) is 5.11 Å². The molecule has 0 aromatic heterocycles. The van der Waals surface area contributed by atoms with Crippen LogP contribution in [-0.2, 0) is 4.79 Å². The van der Waals surface area contributed by atoms with Gasteiger partial charge in [-0.3, -0.25) is 4.79 Å². The van der Waals surface area contributed by atoms with Gasteiger partial charge in [0.2, 0.25) is 5.91 Å². The Morgan fingerprint density at radius 1 is 1.00 bits per heavy atom. The van der Waals surface area contributed by atoms with E-state index in [1.54, 1.807) is 0 Å². The first-order valence-electron chi connectivity index (χ1n) is 6.23. The molecule has 0 aromatic carbocycles. The van der Waals surface area contributed by atoms with Crippen molar-refractivity contribution in [3.63, 3.8) is 0 Å². The lowest BCUT2D eigenvalue weighted by Crippen LogP contribution is -2.34. The van der Waals surface area contributed by atoms with Crippen LogP contribution in [-0.4, -0.2) is 35.6 Å². The van der Waals surface area contributed by atoms with E-state index in [-0.39, 0.29) is 12.5 Å². The van der Waals surface area contributed by atoms with Crippen LogP contribution in [0.5, 0.6) is 0 Å². The number of hydrogen-bond acceptors (Lipinski definition) is 2. The summed E-state index contributed by atoms with van der Waals surface area (Å²) in [6, 6.07) is 0. The fourth-order valence-electron chi connectivity index (χ4n) is 2.10. The Morgan fingerprint density at radius 3 is 2.27 bits per heavy atom. The van der Waals surface area contributed by atoms with Crippen molar-refractivity contribution in [2.45, 2.75) is 51.4 Å². The number of carbonyl (C=O) groups is 1. The normalized spacial score (nSPS) is 21.1. The molecule has 0 aliphatic carbocycles. The summed E-state index contributed by atoms with van der Waals surface area (Å²) in [7, 11) is 0. The van der Waals surface area contributed by atoms with E-state index in [0.29, 0.717) is 13.0 Å². The Morgan fingerprint density at radius 2 is 1.60 bits per heavy atom. The summed E-state index contributed by atoms with van der Waals surface area (Å²) in [6.45, 7) is 1.43. The van der Waals surface area contributed by atoms with Gasteiger partial charge in [0, 0.05) is 19.5 Å². The highest BCUT2D eigenvalue weighted by Gasteiger charge is 2.12. The largest absolute Gasteiger partial charge is 0.395 e. The summed E-state index contributed by atoms with van der Waals surface area (Å²) in [5, 5.41) is 8.89. The molecule has 0 aromatic rings. The third kappa shape index (κ3) is 5.17. The molecule has 1 rings (SSSR count). The van der Waals surface area contributed by atoms with Crippen molar-refractivity contribution in [2.24, 2.45) is 0 Å². The summed E-state index contributed by atoms with van der Waals surface area (Å²) in [4.78, 5) is 13.6. The smallest absolute Gasteiger partial charge is 0.222 e. The van der Waals surface area contributed by atoms with Crippen LogP contribution in [0.4, 0.5) is 0 Å². The van der Waals surface area contributed by atoms with Gasteiger partial charge >= 0.3 is 0 Å². The third-order valence-electron chi connectivity index (χ3n) is 3.04. The monoisotopic (exact) mass is 213 g/mol. The molecule has 15 heavy (non-hydrogen) atoms. The van der Waals surface area contributed by atoms with Crippen LogP contribution in [0.3, 0.4) is 0 Å². The summed E-state index contributed by atoms with van der Waals surface area (Å²) in [6.07, 6.45) is 9.04. The lowest BCUT2D eigenvalue weighted by Gasteiger charge is -2.21. The molecule has 1 N–H and O–H groups in total. The lowest BCUT2D eigenvalue weighted by atomic mass is 10.1. The second kappa shape index (κ2) is 7.69. The third-order valence-corrected chi connectivity index (χ3v) is 3.04. The molecule has 1 heterocycles. The van der Waals surface area contributed by atoms with Gasteiger partial charge in [-0.2, -0.15) is 0 Å². The van der Waals surface area contributed by atoms with Crippen molar-refractivity contribution in [2.75, 3.05) is 19.7 Å². The minimum Gasteiger partial charge on any atom is -0.395 e. The van der Waals surface area contributed by atoms with Crippen molar-refractivity contribution in [1.82, 2.24) is 4.90 Å². The highest BCUT2D eigenvalue weighted by Crippen LogP contribution is 2.12. The van der Waals surface area contributed by atoms with Gasteiger partial charge in [0.15, 0.2) is 0 Å². The summed E-state index contributed by atoms with van der Waals surface area (Å²) < 4.78 is 0. The highest BCUT2D eigenvalue weighted by molar-refractivity contribution is 5.76. The van der Waals surface area contributed by atoms with E-state index in [2.05, 4.69) is 0 Å². The van der Waals surface area contributed by atoms with Crippen LogP contribution in [0.15, 0.2) is 0 Å². The zero-order valence-electron chi connectivity index (χ0n) is 9.58. The van der Waals surface area contributed by atoms with Crippen LogP contribution in [0, 0.1) is 0 Å². The predicted octanol–water partition coefficient (Wildman–Crippen LogP) is 1.94. The Balaban J connectivity index is 2.39. The minimum absolute atomic E-state index is 0.0890. The van der Waals surface area contributed by atoms with Gasteiger partial charge in [-0.25, -0.2) is 0 Å². The number of aliphatic hydroxyl groups excluding tert-OH is 1. The maximum absolute atomic E-state index is 11.7. The molecule has 0 spiro atoms. The number of amides is 1. The number of hydrogen-bond donors (Lipinski definition) is 1. The fraction of sp³-hybridized carbons (Fsp3) is 0.917. The van der Waals surface area contributed by atoms with Crippen molar-refractivity contribution in [3.8, 4) is 0 Å². The summed E-state index contributed by atoms with van der Waals surface area (Å²) >= 11 is 0. The maximum Gasteiger partial charge on any atom is 0.222 e. The van der Waals surface area contributed by atoms with E-state index in [9.17, 15) is 4.79 Å². The van der Waals surface area contributed by atoms with E-state index in [1.807, 2.05) is 4.90 Å². The number of nitrogens with zero attached hydrogens (tertiary/aromatic N) is 1. The second-order valence-corrected chi connectivity index (χ2v) is 4.33. The average Bonchev–Trinajstić information content (AvgIpc) is 2.27. The maximum atomic E-state index is 11.7. The molecule has 1 saturated heterocycles. The van der Waals surface area contributed by atoms with Gasteiger partial charge in [0.1, 0.15) is 0 Å². The molecule has 1 aliphatic rings. The van der Waals surface area contributed by atoms with Crippen molar-refractivity contribution < 1.29 is 9.90 Å². The SMILES string of the molecule is O=C1CCCCCCCCCN1CCO. The first kappa shape index (κ1) is 12.5. The van der Waals surface area contributed by atoms with E-state index >= 15 is 0 Å². The quantitative estimate of drug-likeness (QED) is 0.761. The first-order valence-corrected chi connectivity index (χ1v) is 6.23. The number of aliphatic hydroxyl groups is 1. The average molecular weight is 213 g/mol. The van der Waals surface area contributed by atoms with Crippen LogP contribution >= 0.6 is 0 Å². The van der Waals surface area contributed by atoms with E-state index < -0.39 is 0 Å². The molecular formula is C12H23NO2. The number of rotatable bonds is 2. The van der Waals surface area contributed by atoms with Crippen LogP contribution in [0.2, 0.25) is 0 Å². The van der Waals surface area contributed by atoms with E-state index in [1.165, 1.54) is 32.1 Å². The molecule has 0 saturated carbocycles. The van der Waals surface area contributed by atoms with Gasteiger partial charge in [-0.1, -0.05) is 32.1 Å². The van der Waals surface area contributed by atoms with Gasteiger partial charge < -0.3 is 10.0 Å². The fourth-order valence-corrected chi connectivity index (χ4v) is 2.10. The molecule has 0 atom stereocenters. The topological polar surface area (TPSA) is 40.5 Å². The standard InChI is InChI=1S/C12H23NO2/c14-11-10-13-9-7-5-3-1-2-4-6-8-12(13)15/h14H,1-11H2. The summed E-state index contributed by atoms with van der Waals surface area (Å²) in [5.74, 6) is 0.228. The zero-order valence-corrected chi connectivity index (χ0v) is 9.58. The van der Waals surface area contributed by atoms with Crippen molar-refractivity contribution >= 4 is 5.91 Å². The van der Waals surface area contributed by atoms with Crippen LogP contribution in [0.1, 0.15) is 51.4 Å². The second-order valence-electron chi connectivity index (χ2n) is 4.33. The van der Waals surface area contributed by atoms with Crippen LogP contribution in [0.25, 0.3) is 0 Å². The van der Waals surface area contributed by atoms with Crippen molar-refractivity contribution in [3.05, 3.63) is 0 Å². The van der Waals surface area contributed by atoms with Gasteiger partial charge in [-0.15, -0.1) is 0 Å². The minimum atomic E-state index is 0.0890. The molecule has 0 radical (unpaired) electrons. The predicted molar refractivity (Wildman–Crippen MR) is 60.6 cm³/mol. The Kier molecular flexibility index (Phi) is 6.41. The van der Waals surface area contributed by atoms with Crippen molar-refractivity contribution in [1.29, 1.82) is 0 Å². The highest BCUT2D eigenvalue weighted by atomic mass is 16.3. The van der Waals surface area contributed by atoms with Crippen LogP contribution < -0.4 is 0 Å². The summed E-state index contributed by atoms with van der Waals surface area (Å²) in [5.41, 5.74) is 0. The zero-order chi connectivity index (χ0) is 10.9. The van der Waals surface area contributed by atoms with Gasteiger partial charge in [-0.05, 0) is 12.8 Å². The number of carbonyl (C=O) groups excluding carboxylic acids is 1. The molecule has 1 fully saturated rings. The molecular weight excluding hydrogens is 190 g/mol. The van der Waals surface area contributed by atoms with E-state index in [0.717, 1.165) is 19.4 Å². The first-order chi connectivity index (χ1) is 7.34. The Labute approximate surface area is 92.5 Å². The number of β-amino-alcohol motifs (C(OH)–C–C–N with tert-alkyl or cyclic N) is 1. The molecule has 0 bridgehead atoms. The van der Waals surface area contributed by atoms with Gasteiger partial charge in [0.05, 0.1) is 6.61 Å². The molecule has 3 heteroatoms. The molecule has 1 amide bonds. The molecule has 0 unspecified atom stereocenters. The molecule has 88 valence electrons. The molecule has 3 nitrogen and oxygen atoms in total. The Hall–Kier alpha value is -0.570. The molecule has 1 aliphatic heterocycles.